The Kier molecular flexibility index (Phi) is 10.8. The summed E-state index contributed by atoms with van der Waals surface area (Å²) in [6, 6.07) is 4.92. The third-order valence-electron chi connectivity index (χ3n) is 5.58. The third kappa shape index (κ3) is 7.97. The van der Waals surface area contributed by atoms with Gasteiger partial charge in [0, 0.05) is 25.0 Å². The van der Waals surface area contributed by atoms with Crippen LogP contribution in [0.5, 0.6) is 0 Å². The molecule has 0 spiro atoms. The molecule has 2 atom stereocenters. The van der Waals surface area contributed by atoms with Crippen molar-refractivity contribution < 1.29 is 24.2 Å². The number of amides is 2. The Hall–Kier alpha value is -1.78. The molecule has 0 saturated carbocycles. The van der Waals surface area contributed by atoms with Gasteiger partial charge >= 0.3 is 5.97 Å². The number of likely N-dealkylation sites (tertiary alicyclic amines) is 1. The Labute approximate surface area is 197 Å². The summed E-state index contributed by atoms with van der Waals surface area (Å²) < 4.78 is 5.19. The lowest BCUT2D eigenvalue weighted by molar-refractivity contribution is -0.164. The van der Waals surface area contributed by atoms with E-state index >= 15 is 0 Å². The largest absolute Gasteiger partial charge is 0.454 e. The minimum atomic E-state index is -1.19. The van der Waals surface area contributed by atoms with Gasteiger partial charge in [-0.25, -0.2) is 9.78 Å². The van der Waals surface area contributed by atoms with Crippen molar-refractivity contribution in [2.75, 3.05) is 25.4 Å². The normalized spacial score (nSPS) is 17.5. The molecular weight excluding hydrogens is 450 g/mol. The van der Waals surface area contributed by atoms with Gasteiger partial charge in [-0.05, 0) is 54.0 Å². The molecule has 2 N–H and O–H groups in total. The maximum atomic E-state index is 12.8. The van der Waals surface area contributed by atoms with Crippen molar-refractivity contribution in [3.8, 4) is 0 Å². The van der Waals surface area contributed by atoms with E-state index in [4.69, 9.17) is 4.74 Å². The lowest BCUT2D eigenvalue weighted by atomic mass is 9.82. The second kappa shape index (κ2) is 13.1. The molecule has 1 aromatic rings. The van der Waals surface area contributed by atoms with Crippen LogP contribution < -0.4 is 5.32 Å². The monoisotopic (exact) mass is 483 g/mol. The number of piperidine rings is 1. The predicted molar refractivity (Wildman–Crippen MR) is 126 cm³/mol. The van der Waals surface area contributed by atoms with Crippen LogP contribution in [0.2, 0.25) is 0 Å². The zero-order valence-corrected chi connectivity index (χ0v) is 20.5. The van der Waals surface area contributed by atoms with E-state index in [9.17, 15) is 19.5 Å². The maximum Gasteiger partial charge on any atom is 0.329 e. The highest BCUT2D eigenvalue weighted by atomic mass is 33.1. The minimum absolute atomic E-state index is 0.386. The summed E-state index contributed by atoms with van der Waals surface area (Å²) in [6.45, 7) is 6.00. The van der Waals surface area contributed by atoms with Crippen molar-refractivity contribution in [1.82, 2.24) is 15.2 Å². The zero-order valence-electron chi connectivity index (χ0n) is 18.9. The Bertz CT molecular complexity index is 763. The Morgan fingerprint density at radius 1 is 1.34 bits per heavy atom. The number of hydrogen-bond donors (Lipinski definition) is 2. The summed E-state index contributed by atoms with van der Waals surface area (Å²) >= 11 is 0. The summed E-state index contributed by atoms with van der Waals surface area (Å²) in [5, 5.41) is 14.1. The number of rotatable bonds is 11. The molecule has 2 heterocycles. The highest BCUT2D eigenvalue weighted by Gasteiger charge is 2.40. The topological polar surface area (TPSA) is 109 Å². The van der Waals surface area contributed by atoms with Gasteiger partial charge in [0.25, 0.3) is 11.8 Å². The van der Waals surface area contributed by atoms with E-state index in [0.29, 0.717) is 31.7 Å². The van der Waals surface area contributed by atoms with Crippen LogP contribution in [0, 0.1) is 5.41 Å². The van der Waals surface area contributed by atoms with Crippen molar-refractivity contribution in [2.45, 2.75) is 63.6 Å². The molecule has 178 valence electrons. The van der Waals surface area contributed by atoms with Crippen molar-refractivity contribution >= 4 is 39.4 Å². The number of nitrogens with zero attached hydrogens (tertiary/aromatic N) is 2. The highest BCUT2D eigenvalue weighted by molar-refractivity contribution is 8.76. The number of hydrogen-bond acceptors (Lipinski definition) is 8. The molecule has 2 rings (SSSR count). The second-order valence-electron chi connectivity index (χ2n) is 8.32. The molecule has 1 saturated heterocycles. The van der Waals surface area contributed by atoms with E-state index in [1.54, 1.807) is 17.0 Å². The molecule has 0 bridgehead atoms. The molecule has 32 heavy (non-hydrogen) atoms. The molecule has 1 aliphatic rings. The lowest BCUT2D eigenvalue weighted by Crippen LogP contribution is -2.54. The molecule has 0 radical (unpaired) electrons. The molecule has 0 aromatic carbocycles. The Morgan fingerprint density at radius 3 is 2.81 bits per heavy atom. The number of esters is 1. The molecule has 1 fully saturated rings. The minimum Gasteiger partial charge on any atom is -0.454 e. The van der Waals surface area contributed by atoms with Gasteiger partial charge in [-0.1, -0.05) is 37.6 Å². The average molecular weight is 484 g/mol. The lowest BCUT2D eigenvalue weighted by Gasteiger charge is -2.38. The fourth-order valence-corrected chi connectivity index (χ4v) is 4.93. The highest BCUT2D eigenvalue weighted by Crippen LogP contribution is 2.29. The number of aromatic nitrogens is 1. The molecule has 8 nitrogen and oxygen atoms in total. The number of aliphatic hydroxyl groups excluding tert-OH is 1. The first-order chi connectivity index (χ1) is 15.3. The summed E-state index contributed by atoms with van der Waals surface area (Å²) in [4.78, 5) is 43.1. The van der Waals surface area contributed by atoms with Crippen LogP contribution in [0.3, 0.4) is 0 Å². The number of aliphatic hydroxyl groups is 1. The Morgan fingerprint density at radius 2 is 2.12 bits per heavy atom. The standard InChI is InChI=1S/C22H33N3O5S2/c1-4-22(2,3)19(27)20(28)25-13-8-6-9-16(25)21(29)30-15-17(26)23-12-14-31-32-18-10-5-7-11-24-18/h5,7,10-11,16,19,27H,4,6,8-9,12-15H2,1-3H3,(H,23,26)/t16-,19?/m0/s1. The smallest absolute Gasteiger partial charge is 0.329 e. The maximum absolute atomic E-state index is 12.8. The van der Waals surface area contributed by atoms with Crippen LogP contribution in [0.4, 0.5) is 0 Å². The summed E-state index contributed by atoms with van der Waals surface area (Å²) in [6.07, 6.45) is 3.18. The van der Waals surface area contributed by atoms with E-state index in [-0.39, 0.29) is 5.91 Å². The van der Waals surface area contributed by atoms with Gasteiger partial charge in [0.15, 0.2) is 6.61 Å². The first kappa shape index (κ1) is 26.5. The van der Waals surface area contributed by atoms with Crippen molar-refractivity contribution in [3.05, 3.63) is 24.4 Å². The third-order valence-corrected chi connectivity index (χ3v) is 7.85. The summed E-state index contributed by atoms with van der Waals surface area (Å²) in [5.41, 5.74) is -0.588. The number of carbonyl (C=O) groups is 3. The molecule has 1 aliphatic heterocycles. The average Bonchev–Trinajstić information content (AvgIpc) is 2.82. The van der Waals surface area contributed by atoms with Crippen LogP contribution >= 0.6 is 21.6 Å². The van der Waals surface area contributed by atoms with Gasteiger partial charge in [0.05, 0.1) is 0 Å². The SMILES string of the molecule is CCC(C)(C)C(O)C(=O)N1CCCC[C@H]1C(=O)OCC(=O)NCCSSc1ccccn1. The van der Waals surface area contributed by atoms with E-state index < -0.39 is 36.0 Å². The van der Waals surface area contributed by atoms with Crippen LogP contribution in [-0.2, 0) is 19.1 Å². The quantitative estimate of drug-likeness (QED) is 0.281. The molecule has 10 heteroatoms. The van der Waals surface area contributed by atoms with Gasteiger partial charge < -0.3 is 20.1 Å². The second-order valence-corrected chi connectivity index (χ2v) is 10.8. The molecule has 1 unspecified atom stereocenters. The fraction of sp³-hybridized carbons (Fsp3) is 0.636. The van der Waals surface area contributed by atoms with Crippen LogP contribution in [0.15, 0.2) is 29.4 Å². The number of carbonyl (C=O) groups excluding carboxylic acids is 3. The molecule has 2 amide bonds. The van der Waals surface area contributed by atoms with Crippen molar-refractivity contribution in [1.29, 1.82) is 0 Å². The first-order valence-electron chi connectivity index (χ1n) is 10.9. The van der Waals surface area contributed by atoms with Crippen molar-refractivity contribution in [3.63, 3.8) is 0 Å². The Balaban J connectivity index is 1.75. The van der Waals surface area contributed by atoms with Gasteiger partial charge in [-0.2, -0.15) is 0 Å². The number of ether oxygens (including phenoxy) is 1. The first-order valence-corrected chi connectivity index (χ1v) is 13.2. The van der Waals surface area contributed by atoms with Crippen LogP contribution in [0.25, 0.3) is 0 Å². The fourth-order valence-electron chi connectivity index (χ4n) is 3.14. The summed E-state index contributed by atoms with van der Waals surface area (Å²) in [5.74, 6) is -0.764. The van der Waals surface area contributed by atoms with Gasteiger partial charge in [0.2, 0.25) is 0 Å². The predicted octanol–water partition coefficient (Wildman–Crippen LogP) is 2.66. The van der Waals surface area contributed by atoms with E-state index in [0.717, 1.165) is 17.9 Å². The number of nitrogens with one attached hydrogen (secondary N) is 1. The van der Waals surface area contributed by atoms with Crippen molar-refractivity contribution in [2.24, 2.45) is 5.41 Å². The van der Waals surface area contributed by atoms with E-state index in [2.05, 4.69) is 10.3 Å². The van der Waals surface area contributed by atoms with Gasteiger partial charge in [-0.3, -0.25) is 9.59 Å². The summed E-state index contributed by atoms with van der Waals surface area (Å²) in [7, 11) is 3.10. The number of pyridine rings is 1. The molecular formula is C22H33N3O5S2. The van der Waals surface area contributed by atoms with Gasteiger partial charge in [0.1, 0.15) is 17.2 Å². The molecule has 0 aliphatic carbocycles. The van der Waals surface area contributed by atoms with Gasteiger partial charge in [-0.15, -0.1) is 0 Å². The van der Waals surface area contributed by atoms with E-state index in [1.165, 1.54) is 15.7 Å². The van der Waals surface area contributed by atoms with Crippen LogP contribution in [-0.4, -0.2) is 70.4 Å². The van der Waals surface area contributed by atoms with E-state index in [1.807, 2.05) is 39.0 Å². The molecule has 1 aromatic heterocycles. The zero-order chi connectivity index (χ0) is 23.6. The van der Waals surface area contributed by atoms with Crippen LogP contribution in [0.1, 0.15) is 46.5 Å².